The Labute approximate surface area is 278 Å². The standard InChI is InChI=1S/C32H34Br2N4O7/c1-5-43-26-14-22(29-28(31(40)42-4)19(3)36-32(41)37-29)9-10-25(26)44-17-27(39)38-35-15-21-12-23(33)30(24(34)13-21)45-16-20-8-6-7-18(2)11-20/h6-15,27,29,38-39H,5,16-17H2,1-4H3,(H2,36,37,41)/b35-15-/t27-,29-/m0/s1. The Morgan fingerprint density at radius 2 is 1.82 bits per heavy atom. The smallest absolute Gasteiger partial charge is 0.337 e. The summed E-state index contributed by atoms with van der Waals surface area (Å²) in [6.45, 7) is 6.10. The molecule has 2 amide bonds. The molecule has 0 bridgehead atoms. The summed E-state index contributed by atoms with van der Waals surface area (Å²) < 4.78 is 24.0. The third-order valence-corrected chi connectivity index (χ3v) is 7.77. The van der Waals surface area contributed by atoms with Gasteiger partial charge in [-0.05, 0) is 93.6 Å². The van der Waals surface area contributed by atoms with Gasteiger partial charge in [0.15, 0.2) is 17.7 Å². The van der Waals surface area contributed by atoms with Crippen LogP contribution in [0.4, 0.5) is 4.79 Å². The molecule has 3 aromatic rings. The molecule has 0 aliphatic carbocycles. The van der Waals surface area contributed by atoms with Gasteiger partial charge in [0, 0.05) is 5.70 Å². The van der Waals surface area contributed by atoms with Gasteiger partial charge < -0.3 is 34.7 Å². The van der Waals surface area contributed by atoms with Gasteiger partial charge in [0.1, 0.15) is 19.0 Å². The fourth-order valence-electron chi connectivity index (χ4n) is 4.57. The zero-order valence-corrected chi connectivity index (χ0v) is 28.3. The minimum Gasteiger partial charge on any atom is -0.490 e. The van der Waals surface area contributed by atoms with Crippen molar-refractivity contribution in [2.75, 3.05) is 20.3 Å². The number of hydrogen-bond acceptors (Lipinski definition) is 9. The lowest BCUT2D eigenvalue weighted by Crippen LogP contribution is -2.45. The van der Waals surface area contributed by atoms with Gasteiger partial charge in [-0.1, -0.05) is 35.9 Å². The second-order valence-corrected chi connectivity index (χ2v) is 11.7. The molecule has 4 rings (SSSR count). The Morgan fingerprint density at radius 1 is 1.07 bits per heavy atom. The zero-order chi connectivity index (χ0) is 32.5. The fraction of sp³-hybridized carbons (Fsp3) is 0.281. The monoisotopic (exact) mass is 744 g/mol. The largest absolute Gasteiger partial charge is 0.490 e. The number of aryl methyl sites for hydroxylation is 1. The van der Waals surface area contributed by atoms with Crippen molar-refractivity contribution in [2.45, 2.75) is 39.6 Å². The van der Waals surface area contributed by atoms with Gasteiger partial charge in [0.25, 0.3) is 0 Å². The first-order chi connectivity index (χ1) is 21.6. The van der Waals surface area contributed by atoms with E-state index in [-0.39, 0.29) is 12.2 Å². The summed E-state index contributed by atoms with van der Waals surface area (Å²) in [5.74, 6) is 0.835. The molecule has 0 saturated carbocycles. The number of urea groups is 1. The highest BCUT2D eigenvalue weighted by Crippen LogP contribution is 2.36. The van der Waals surface area contributed by atoms with E-state index in [0.717, 1.165) is 20.1 Å². The highest BCUT2D eigenvalue weighted by Gasteiger charge is 2.32. The number of allylic oxidation sites excluding steroid dienone is 1. The van der Waals surface area contributed by atoms with Crippen LogP contribution in [0.1, 0.15) is 42.1 Å². The molecule has 4 N–H and O–H groups in total. The number of halogens is 2. The molecule has 0 aromatic heterocycles. The van der Waals surface area contributed by atoms with E-state index in [4.69, 9.17) is 18.9 Å². The van der Waals surface area contributed by atoms with Crippen molar-refractivity contribution in [3.8, 4) is 17.2 Å². The molecule has 1 heterocycles. The van der Waals surface area contributed by atoms with Crippen molar-refractivity contribution in [3.63, 3.8) is 0 Å². The molecule has 13 heteroatoms. The number of hydrazone groups is 1. The second-order valence-electron chi connectivity index (χ2n) is 10.0. The van der Waals surface area contributed by atoms with Crippen LogP contribution in [0.5, 0.6) is 17.2 Å². The molecule has 11 nitrogen and oxygen atoms in total. The average Bonchev–Trinajstić information content (AvgIpc) is 2.99. The molecule has 0 radical (unpaired) electrons. The predicted octanol–water partition coefficient (Wildman–Crippen LogP) is 5.62. The maximum Gasteiger partial charge on any atom is 0.337 e. The third kappa shape index (κ3) is 8.99. The van der Waals surface area contributed by atoms with Gasteiger partial charge in [-0.15, -0.1) is 0 Å². The van der Waals surface area contributed by atoms with Crippen molar-refractivity contribution in [2.24, 2.45) is 5.10 Å². The summed E-state index contributed by atoms with van der Waals surface area (Å²) in [4.78, 5) is 24.6. The molecule has 0 saturated heterocycles. The summed E-state index contributed by atoms with van der Waals surface area (Å²) in [6.07, 6.45) is 0.421. The van der Waals surface area contributed by atoms with E-state index in [2.05, 4.69) is 59.1 Å². The van der Waals surface area contributed by atoms with Crippen molar-refractivity contribution in [1.82, 2.24) is 16.1 Å². The summed E-state index contributed by atoms with van der Waals surface area (Å²) in [5, 5.41) is 19.9. The van der Waals surface area contributed by atoms with Crippen LogP contribution in [0.15, 0.2) is 79.9 Å². The number of carbonyl (C=O) groups excluding carboxylic acids is 2. The van der Waals surface area contributed by atoms with Crippen molar-refractivity contribution in [1.29, 1.82) is 0 Å². The number of amides is 2. The number of methoxy groups -OCH3 is 1. The number of rotatable bonds is 13. The number of benzene rings is 3. The first kappa shape index (κ1) is 33.8. The fourth-order valence-corrected chi connectivity index (χ4v) is 6.02. The molecular formula is C32H34Br2N4O7. The molecule has 2 atom stereocenters. The quantitative estimate of drug-likeness (QED) is 0.0766. The highest BCUT2D eigenvalue weighted by molar-refractivity contribution is 9.11. The number of nitrogens with zero attached hydrogens (tertiary/aromatic N) is 1. The van der Waals surface area contributed by atoms with Gasteiger partial charge in [-0.25, -0.2) is 9.59 Å². The van der Waals surface area contributed by atoms with Gasteiger partial charge in [-0.3, -0.25) is 5.43 Å². The van der Waals surface area contributed by atoms with Crippen molar-refractivity contribution in [3.05, 3.63) is 97.1 Å². The maximum absolute atomic E-state index is 12.4. The Kier molecular flexibility index (Phi) is 11.9. The lowest BCUT2D eigenvalue weighted by molar-refractivity contribution is -0.136. The van der Waals surface area contributed by atoms with Crippen LogP contribution < -0.4 is 30.3 Å². The molecule has 238 valence electrons. The number of aliphatic hydroxyl groups excluding tert-OH is 1. The average molecular weight is 746 g/mol. The summed E-state index contributed by atoms with van der Waals surface area (Å²) in [6, 6.07) is 15.7. The number of esters is 1. The number of nitrogens with one attached hydrogen (secondary N) is 3. The predicted molar refractivity (Wildman–Crippen MR) is 176 cm³/mol. The molecular weight excluding hydrogens is 712 g/mol. The molecule has 3 aromatic carbocycles. The highest BCUT2D eigenvalue weighted by atomic mass is 79.9. The normalized spacial score (nSPS) is 15.3. The van der Waals surface area contributed by atoms with E-state index >= 15 is 0 Å². The van der Waals surface area contributed by atoms with Crippen LogP contribution in [-0.4, -0.2) is 49.9 Å². The molecule has 1 aliphatic rings. The van der Waals surface area contributed by atoms with E-state index in [0.29, 0.717) is 41.7 Å². The van der Waals surface area contributed by atoms with Crippen LogP contribution in [0.25, 0.3) is 0 Å². The van der Waals surface area contributed by atoms with Gasteiger partial charge >= 0.3 is 12.0 Å². The van der Waals surface area contributed by atoms with Gasteiger partial charge in [0.05, 0.1) is 40.5 Å². The lowest BCUT2D eigenvalue weighted by Gasteiger charge is -2.28. The molecule has 0 unspecified atom stereocenters. The van der Waals surface area contributed by atoms with Crippen LogP contribution in [-0.2, 0) is 16.1 Å². The number of ether oxygens (including phenoxy) is 4. The Hall–Kier alpha value is -4.07. The SMILES string of the molecule is CCOc1cc([C@@H]2NC(=O)NC(C)=C2C(=O)OC)ccc1OC[C@H](O)N/N=C\c1cc(Br)c(OCc2cccc(C)c2)c(Br)c1. The Morgan fingerprint density at radius 3 is 2.51 bits per heavy atom. The second kappa shape index (κ2) is 15.8. The first-order valence-electron chi connectivity index (χ1n) is 14.0. The van der Waals surface area contributed by atoms with Crippen LogP contribution in [0.2, 0.25) is 0 Å². The van der Waals surface area contributed by atoms with E-state index in [1.165, 1.54) is 12.7 Å². The molecule has 0 spiro atoms. The summed E-state index contributed by atoms with van der Waals surface area (Å²) in [5.41, 5.74) is 6.89. The van der Waals surface area contributed by atoms with Gasteiger partial charge in [-0.2, -0.15) is 5.10 Å². The van der Waals surface area contributed by atoms with E-state index in [1.807, 2.05) is 44.2 Å². The topological polar surface area (TPSA) is 140 Å². The maximum atomic E-state index is 12.4. The third-order valence-electron chi connectivity index (χ3n) is 6.60. The number of aliphatic hydroxyl groups is 1. The first-order valence-corrected chi connectivity index (χ1v) is 15.6. The van der Waals surface area contributed by atoms with Crippen molar-refractivity contribution >= 4 is 50.1 Å². The van der Waals surface area contributed by atoms with Crippen LogP contribution >= 0.6 is 31.9 Å². The van der Waals surface area contributed by atoms with E-state index in [1.54, 1.807) is 31.3 Å². The molecule has 45 heavy (non-hydrogen) atoms. The van der Waals surface area contributed by atoms with Crippen LogP contribution in [0, 0.1) is 6.92 Å². The van der Waals surface area contributed by atoms with Crippen LogP contribution in [0.3, 0.4) is 0 Å². The zero-order valence-electron chi connectivity index (χ0n) is 25.1. The Balaban J connectivity index is 1.37. The van der Waals surface area contributed by atoms with Gasteiger partial charge in [0.2, 0.25) is 0 Å². The molecule has 1 aliphatic heterocycles. The number of hydrogen-bond donors (Lipinski definition) is 4. The minimum absolute atomic E-state index is 0.146. The summed E-state index contributed by atoms with van der Waals surface area (Å²) in [7, 11) is 1.28. The number of carbonyl (C=O) groups is 2. The lowest BCUT2D eigenvalue weighted by atomic mass is 9.95. The molecule has 0 fully saturated rings. The van der Waals surface area contributed by atoms with E-state index < -0.39 is 24.3 Å². The Bertz CT molecular complexity index is 1590. The van der Waals surface area contributed by atoms with Crippen molar-refractivity contribution < 1.29 is 33.6 Å². The van der Waals surface area contributed by atoms with E-state index in [9.17, 15) is 14.7 Å². The minimum atomic E-state index is -1.14. The summed E-state index contributed by atoms with van der Waals surface area (Å²) >= 11 is 7.12.